The molecule has 2 unspecified atom stereocenters. The molecular weight excluding hydrogens is 1210 g/mol. The highest BCUT2D eigenvalue weighted by atomic mass is 31.2. The molecule has 558 valence electrons. The lowest BCUT2D eigenvalue weighted by Gasteiger charge is -2.24. The molecule has 0 fully saturated rings. The summed E-state index contributed by atoms with van der Waals surface area (Å²) in [5.74, 6) is -0.793. The second kappa shape index (κ2) is 76.1. The largest absolute Gasteiger partial charge is 0.472 e. The van der Waals surface area contributed by atoms with Crippen LogP contribution in [0, 0.1) is 0 Å². The maximum Gasteiger partial charge on any atom is 0.472 e. The Hall–Kier alpha value is -3.07. The number of carbonyl (C=O) groups excluding carboxylic acids is 2. The summed E-state index contributed by atoms with van der Waals surface area (Å²) in [7, 11) is 1.48. The van der Waals surface area contributed by atoms with E-state index in [1.165, 1.54) is 263 Å². The number of likely N-dealkylation sites (N-methyl/N-ethyl adjacent to an activating group) is 1. The highest BCUT2D eigenvalue weighted by Crippen LogP contribution is 2.43. The molecule has 0 radical (unpaired) electrons. The highest BCUT2D eigenvalue weighted by molar-refractivity contribution is 7.47. The summed E-state index contributed by atoms with van der Waals surface area (Å²) >= 11 is 0. The van der Waals surface area contributed by atoms with Crippen LogP contribution in [0.5, 0.6) is 0 Å². The number of hydrogen-bond donors (Lipinski definition) is 1. The van der Waals surface area contributed by atoms with Gasteiger partial charge in [0.05, 0.1) is 27.7 Å². The van der Waals surface area contributed by atoms with Crippen LogP contribution in [-0.2, 0) is 32.7 Å². The third-order valence-corrected chi connectivity index (χ3v) is 19.1. The van der Waals surface area contributed by atoms with Crippen molar-refractivity contribution < 1.29 is 42.1 Å². The first-order valence-corrected chi connectivity index (χ1v) is 42.5. The van der Waals surface area contributed by atoms with E-state index in [0.29, 0.717) is 17.4 Å². The average molecular weight is 1360 g/mol. The number of nitrogens with zero attached hydrogens (tertiary/aromatic N) is 1. The first kappa shape index (κ1) is 92.9. The predicted octanol–water partition coefficient (Wildman–Crippen LogP) is 27.4. The zero-order chi connectivity index (χ0) is 69.7. The van der Waals surface area contributed by atoms with Crippen molar-refractivity contribution in [2.75, 3.05) is 47.5 Å². The monoisotopic (exact) mass is 1360 g/mol. The van der Waals surface area contributed by atoms with Crippen molar-refractivity contribution in [3.63, 3.8) is 0 Å². The Morgan fingerprint density at radius 1 is 0.333 bits per heavy atom. The van der Waals surface area contributed by atoms with Crippen LogP contribution in [0.25, 0.3) is 0 Å². The van der Waals surface area contributed by atoms with Gasteiger partial charge < -0.3 is 18.9 Å². The minimum Gasteiger partial charge on any atom is -0.462 e. The van der Waals surface area contributed by atoms with E-state index in [0.717, 1.165) is 89.9 Å². The Kier molecular flexibility index (Phi) is 73.7. The standard InChI is InChI=1S/C86H156NO8P/c1-6-8-10-12-14-16-18-20-22-24-26-28-30-32-34-36-38-39-40-41-42-43-44-45-46-47-49-50-52-54-56-58-60-62-64-66-68-70-72-74-76-78-85(88)92-82-84(83-94-96(90,91)93-81-80-87(3,4)5)95-86(89)79-77-75-73-71-69-67-65-63-61-59-57-55-53-51-48-37-35-33-31-29-27-25-23-21-19-17-15-13-11-9-7-2/h9,11,15,17,21,23-24,26-27,29,33,35,48,51,55,57,84H,6-8,10,12-14,16,18-20,22,25,28,30-32,34,36-47,49-50,52-54,56,58-83H2,1-5H3/p+1/b11-9-,17-15-,23-21-,26-24-,29-27-,35-33-,51-48-,57-55-. The van der Waals surface area contributed by atoms with Gasteiger partial charge in [0.15, 0.2) is 6.10 Å². The predicted molar refractivity (Wildman–Crippen MR) is 418 cm³/mol. The number of ether oxygens (including phenoxy) is 2. The average Bonchev–Trinajstić information content (AvgIpc) is 1.97. The van der Waals surface area contributed by atoms with Gasteiger partial charge in [0.25, 0.3) is 0 Å². The molecule has 96 heavy (non-hydrogen) atoms. The van der Waals surface area contributed by atoms with Gasteiger partial charge in [-0.1, -0.05) is 374 Å². The second-order valence-electron chi connectivity index (χ2n) is 28.8. The summed E-state index contributed by atoms with van der Waals surface area (Å²) in [5.41, 5.74) is 0. The fraction of sp³-hybridized carbons (Fsp3) is 0.791. The summed E-state index contributed by atoms with van der Waals surface area (Å²) in [4.78, 5) is 36.0. The summed E-state index contributed by atoms with van der Waals surface area (Å²) in [6, 6.07) is 0. The van der Waals surface area contributed by atoms with Gasteiger partial charge in [-0.3, -0.25) is 18.6 Å². The first-order chi connectivity index (χ1) is 47.0. The fourth-order valence-corrected chi connectivity index (χ4v) is 12.6. The fourth-order valence-electron chi connectivity index (χ4n) is 11.9. The molecule has 0 spiro atoms. The lowest BCUT2D eigenvalue weighted by Crippen LogP contribution is -2.37. The summed E-state index contributed by atoms with van der Waals surface area (Å²) in [6.45, 7) is 4.36. The molecule has 0 saturated carbocycles. The molecule has 9 nitrogen and oxygen atoms in total. The zero-order valence-electron chi connectivity index (χ0n) is 63.9. The van der Waals surface area contributed by atoms with Crippen molar-refractivity contribution in [3.8, 4) is 0 Å². The van der Waals surface area contributed by atoms with Gasteiger partial charge >= 0.3 is 19.8 Å². The highest BCUT2D eigenvalue weighted by Gasteiger charge is 2.27. The Labute approximate surface area is 595 Å². The van der Waals surface area contributed by atoms with E-state index in [4.69, 9.17) is 18.5 Å². The van der Waals surface area contributed by atoms with Crippen LogP contribution >= 0.6 is 7.82 Å². The molecule has 0 saturated heterocycles. The van der Waals surface area contributed by atoms with Crippen molar-refractivity contribution in [1.29, 1.82) is 0 Å². The number of rotatable bonds is 76. The van der Waals surface area contributed by atoms with Crippen molar-refractivity contribution in [2.24, 2.45) is 0 Å². The van der Waals surface area contributed by atoms with E-state index < -0.39 is 26.5 Å². The summed E-state index contributed by atoms with van der Waals surface area (Å²) < 4.78 is 34.8. The smallest absolute Gasteiger partial charge is 0.462 e. The minimum atomic E-state index is -4.40. The van der Waals surface area contributed by atoms with Gasteiger partial charge in [0.1, 0.15) is 19.8 Å². The van der Waals surface area contributed by atoms with Crippen LogP contribution in [0.2, 0.25) is 0 Å². The Morgan fingerprint density at radius 3 is 0.896 bits per heavy atom. The number of hydrogen-bond acceptors (Lipinski definition) is 7. The number of quaternary nitrogens is 1. The number of esters is 2. The van der Waals surface area contributed by atoms with E-state index in [2.05, 4.69) is 111 Å². The van der Waals surface area contributed by atoms with Crippen molar-refractivity contribution >= 4 is 19.8 Å². The van der Waals surface area contributed by atoms with E-state index in [9.17, 15) is 19.0 Å². The number of phosphoric ester groups is 1. The molecule has 0 aromatic rings. The number of phosphoric acid groups is 1. The molecule has 0 bridgehead atoms. The maximum absolute atomic E-state index is 12.9. The van der Waals surface area contributed by atoms with Gasteiger partial charge in [-0.05, 0) is 96.3 Å². The Morgan fingerprint density at radius 2 is 0.594 bits per heavy atom. The lowest BCUT2D eigenvalue weighted by molar-refractivity contribution is -0.870. The quantitative estimate of drug-likeness (QED) is 0.0211. The van der Waals surface area contributed by atoms with Crippen LogP contribution in [0.3, 0.4) is 0 Å². The third kappa shape index (κ3) is 79.9. The third-order valence-electron chi connectivity index (χ3n) is 18.1. The van der Waals surface area contributed by atoms with E-state index in [-0.39, 0.29) is 32.0 Å². The Balaban J connectivity index is 3.93. The summed E-state index contributed by atoms with van der Waals surface area (Å²) in [6.07, 6.45) is 107. The topological polar surface area (TPSA) is 108 Å². The lowest BCUT2D eigenvalue weighted by atomic mass is 10.0. The molecule has 2 atom stereocenters. The molecule has 1 N–H and O–H groups in total. The SMILES string of the molecule is CC/C=C\C/C=C\C/C=C\C/C=C\C/C=C\C/C=C\C/C=C\CCCCCCCCCCCC(=O)OC(COC(=O)CCCCCCCCCCCCCCCCCCCCCCCCCCCCCCC/C=C\CCCCCCCCCC)COP(=O)(O)OCC[N+](C)(C)C. The Bertz CT molecular complexity index is 1940. The van der Waals surface area contributed by atoms with Crippen LogP contribution in [0.15, 0.2) is 97.2 Å². The van der Waals surface area contributed by atoms with Crippen molar-refractivity contribution in [2.45, 2.75) is 392 Å². The van der Waals surface area contributed by atoms with Gasteiger partial charge in [0.2, 0.25) is 0 Å². The number of unbranched alkanes of at least 4 members (excludes halogenated alkanes) is 46. The first-order valence-electron chi connectivity index (χ1n) is 41.0. The molecular formula is C86H157NO8P+. The molecule has 0 rings (SSSR count). The van der Waals surface area contributed by atoms with Crippen LogP contribution in [0.4, 0.5) is 0 Å². The molecule has 0 aromatic heterocycles. The maximum atomic E-state index is 12.9. The van der Waals surface area contributed by atoms with Gasteiger partial charge in [0, 0.05) is 12.8 Å². The molecule has 0 aliphatic carbocycles. The van der Waals surface area contributed by atoms with E-state index in [1.54, 1.807) is 0 Å². The number of allylic oxidation sites excluding steroid dienone is 16. The van der Waals surface area contributed by atoms with E-state index in [1.807, 2.05) is 21.1 Å². The molecule has 0 aliphatic rings. The van der Waals surface area contributed by atoms with Crippen LogP contribution in [0.1, 0.15) is 386 Å². The van der Waals surface area contributed by atoms with E-state index >= 15 is 0 Å². The van der Waals surface area contributed by atoms with Crippen LogP contribution in [-0.4, -0.2) is 74.9 Å². The number of carbonyl (C=O) groups is 2. The molecule has 0 amide bonds. The van der Waals surface area contributed by atoms with Crippen LogP contribution < -0.4 is 0 Å². The van der Waals surface area contributed by atoms with Gasteiger partial charge in [-0.25, -0.2) is 4.57 Å². The second-order valence-corrected chi connectivity index (χ2v) is 30.2. The molecule has 0 aliphatic heterocycles. The zero-order valence-corrected chi connectivity index (χ0v) is 64.7. The minimum absolute atomic E-state index is 0.0282. The van der Waals surface area contributed by atoms with Crippen molar-refractivity contribution in [1.82, 2.24) is 0 Å². The van der Waals surface area contributed by atoms with Gasteiger partial charge in [-0.2, -0.15) is 0 Å². The van der Waals surface area contributed by atoms with Crippen molar-refractivity contribution in [3.05, 3.63) is 97.2 Å². The summed E-state index contributed by atoms with van der Waals surface area (Å²) in [5, 5.41) is 0. The molecule has 10 heteroatoms. The molecule has 0 heterocycles. The molecule has 0 aromatic carbocycles. The normalized spacial score (nSPS) is 13.5. The van der Waals surface area contributed by atoms with Gasteiger partial charge in [-0.15, -0.1) is 0 Å².